The maximum atomic E-state index is 5.23. The molecule has 2 heteroatoms. The summed E-state index contributed by atoms with van der Waals surface area (Å²) in [4.78, 5) is 0. The molecule has 2 nitrogen and oxygen atoms in total. The van der Waals surface area contributed by atoms with Crippen LogP contribution in [0.25, 0.3) is 0 Å². The summed E-state index contributed by atoms with van der Waals surface area (Å²) in [6, 6.07) is 9.04. The molecule has 0 saturated heterocycles. The van der Waals surface area contributed by atoms with E-state index in [4.69, 9.17) is 4.74 Å². The first-order chi connectivity index (χ1) is 8.17. The fourth-order valence-electron chi connectivity index (χ4n) is 1.89. The highest BCUT2D eigenvalue weighted by Gasteiger charge is 2.09. The molecule has 0 radical (unpaired) electrons. The summed E-state index contributed by atoms with van der Waals surface area (Å²) in [5.41, 5.74) is 1.26. The molecule has 0 saturated carbocycles. The fraction of sp³-hybridized carbons (Fsp3) is 0.467. The number of hydrogen-bond acceptors (Lipinski definition) is 2. The molecule has 0 spiro atoms. The molecular formula is C15H23NO. The number of hydrogen-bond donors (Lipinski definition) is 1. The van der Waals surface area contributed by atoms with E-state index in [1.165, 1.54) is 5.56 Å². The van der Waals surface area contributed by atoms with E-state index in [2.05, 4.69) is 37.9 Å². The van der Waals surface area contributed by atoms with Crippen LogP contribution in [-0.2, 0) is 0 Å². The lowest BCUT2D eigenvalue weighted by Crippen LogP contribution is -2.28. The Kier molecular flexibility index (Phi) is 5.78. The second kappa shape index (κ2) is 7.13. The number of allylic oxidation sites excluding steroid dienone is 1. The third-order valence-corrected chi connectivity index (χ3v) is 2.93. The van der Waals surface area contributed by atoms with Gasteiger partial charge in [-0.25, -0.2) is 0 Å². The average molecular weight is 233 g/mol. The molecule has 0 aliphatic heterocycles. The molecule has 0 heterocycles. The van der Waals surface area contributed by atoms with Gasteiger partial charge in [-0.05, 0) is 44.4 Å². The van der Waals surface area contributed by atoms with Crippen molar-refractivity contribution in [3.05, 3.63) is 42.5 Å². The van der Waals surface area contributed by atoms with Gasteiger partial charge in [-0.2, -0.15) is 0 Å². The van der Waals surface area contributed by atoms with Crippen LogP contribution in [0.3, 0.4) is 0 Å². The van der Waals surface area contributed by atoms with E-state index in [0.29, 0.717) is 12.1 Å². The van der Waals surface area contributed by atoms with Crippen LogP contribution in [0, 0.1) is 0 Å². The van der Waals surface area contributed by atoms with E-state index in [9.17, 15) is 0 Å². The Hall–Kier alpha value is -1.28. The van der Waals surface area contributed by atoms with Gasteiger partial charge in [-0.3, -0.25) is 0 Å². The monoisotopic (exact) mass is 233 g/mol. The van der Waals surface area contributed by atoms with Gasteiger partial charge in [0, 0.05) is 12.1 Å². The minimum absolute atomic E-state index is 0.338. The van der Waals surface area contributed by atoms with Gasteiger partial charge in [0.2, 0.25) is 0 Å². The predicted octanol–water partition coefficient (Wildman–Crippen LogP) is 3.70. The first-order valence-corrected chi connectivity index (χ1v) is 6.18. The van der Waals surface area contributed by atoms with Crippen molar-refractivity contribution in [3.63, 3.8) is 0 Å². The standard InChI is InChI=1S/C15H23NO/c1-5-6-8-12(2)16-13(3)14-9-7-10-15(11-14)17-4/h5,7,9-13,16H,1,6,8H2,2-4H3/t12?,13-/m1/s1. The van der Waals surface area contributed by atoms with Crippen LogP contribution in [0.2, 0.25) is 0 Å². The van der Waals surface area contributed by atoms with Crippen LogP contribution in [0.15, 0.2) is 36.9 Å². The summed E-state index contributed by atoms with van der Waals surface area (Å²) < 4.78 is 5.23. The maximum Gasteiger partial charge on any atom is 0.119 e. The molecule has 0 aliphatic carbocycles. The van der Waals surface area contributed by atoms with Gasteiger partial charge >= 0.3 is 0 Å². The molecule has 17 heavy (non-hydrogen) atoms. The molecule has 1 aromatic carbocycles. The van der Waals surface area contributed by atoms with Crippen molar-refractivity contribution in [2.24, 2.45) is 0 Å². The van der Waals surface area contributed by atoms with Gasteiger partial charge in [0.1, 0.15) is 5.75 Å². The predicted molar refractivity (Wildman–Crippen MR) is 73.4 cm³/mol. The lowest BCUT2D eigenvalue weighted by molar-refractivity contribution is 0.411. The Balaban J connectivity index is 2.56. The summed E-state index contributed by atoms with van der Waals surface area (Å²) in [6.45, 7) is 8.14. The molecule has 94 valence electrons. The van der Waals surface area contributed by atoms with Gasteiger partial charge in [-0.1, -0.05) is 18.2 Å². The lowest BCUT2D eigenvalue weighted by atomic mass is 10.1. The molecule has 2 atom stereocenters. The van der Waals surface area contributed by atoms with E-state index < -0.39 is 0 Å². The fourth-order valence-corrected chi connectivity index (χ4v) is 1.89. The zero-order valence-corrected chi connectivity index (χ0v) is 11.1. The molecule has 1 rings (SSSR count). The van der Waals surface area contributed by atoms with Crippen LogP contribution < -0.4 is 10.1 Å². The Morgan fingerprint density at radius 1 is 1.41 bits per heavy atom. The van der Waals surface area contributed by atoms with Crippen molar-refractivity contribution >= 4 is 0 Å². The van der Waals surface area contributed by atoms with Gasteiger partial charge < -0.3 is 10.1 Å². The minimum atomic E-state index is 0.338. The largest absolute Gasteiger partial charge is 0.497 e. The lowest BCUT2D eigenvalue weighted by Gasteiger charge is -2.20. The summed E-state index contributed by atoms with van der Waals surface area (Å²) in [5.74, 6) is 0.912. The first kappa shape index (κ1) is 13.8. The van der Waals surface area contributed by atoms with E-state index in [1.54, 1.807) is 7.11 Å². The van der Waals surface area contributed by atoms with Crippen molar-refractivity contribution < 1.29 is 4.74 Å². The molecule has 0 bridgehead atoms. The minimum Gasteiger partial charge on any atom is -0.497 e. The van der Waals surface area contributed by atoms with Gasteiger partial charge in [0.05, 0.1) is 7.11 Å². The molecule has 0 fully saturated rings. The number of rotatable bonds is 7. The average Bonchev–Trinajstić information content (AvgIpc) is 2.36. The molecule has 1 unspecified atom stereocenters. The Morgan fingerprint density at radius 2 is 2.18 bits per heavy atom. The summed E-state index contributed by atoms with van der Waals surface area (Å²) in [7, 11) is 1.70. The molecular weight excluding hydrogens is 210 g/mol. The quantitative estimate of drug-likeness (QED) is 0.725. The number of nitrogens with one attached hydrogen (secondary N) is 1. The third-order valence-electron chi connectivity index (χ3n) is 2.93. The number of benzene rings is 1. The molecule has 1 N–H and O–H groups in total. The van der Waals surface area contributed by atoms with Gasteiger partial charge in [0.15, 0.2) is 0 Å². The van der Waals surface area contributed by atoms with Crippen LogP contribution in [0.1, 0.15) is 38.3 Å². The van der Waals surface area contributed by atoms with Crippen LogP contribution in [0.5, 0.6) is 5.75 Å². The summed E-state index contributed by atoms with van der Waals surface area (Å²) >= 11 is 0. The SMILES string of the molecule is C=CCCC(C)N[C@H](C)c1cccc(OC)c1. The topological polar surface area (TPSA) is 21.3 Å². The molecule has 0 amide bonds. The molecule has 0 aliphatic rings. The van der Waals surface area contributed by atoms with E-state index >= 15 is 0 Å². The van der Waals surface area contributed by atoms with Crippen LogP contribution in [0.4, 0.5) is 0 Å². The number of methoxy groups -OCH3 is 1. The second-order valence-corrected chi connectivity index (χ2v) is 4.43. The zero-order valence-electron chi connectivity index (χ0n) is 11.1. The van der Waals surface area contributed by atoms with Crippen LogP contribution >= 0.6 is 0 Å². The van der Waals surface area contributed by atoms with Gasteiger partial charge in [-0.15, -0.1) is 6.58 Å². The van der Waals surface area contributed by atoms with Crippen molar-refractivity contribution in [1.29, 1.82) is 0 Å². The number of ether oxygens (including phenoxy) is 1. The Morgan fingerprint density at radius 3 is 2.82 bits per heavy atom. The second-order valence-electron chi connectivity index (χ2n) is 4.43. The highest BCUT2D eigenvalue weighted by molar-refractivity contribution is 5.30. The first-order valence-electron chi connectivity index (χ1n) is 6.18. The molecule has 0 aromatic heterocycles. The summed E-state index contributed by atoms with van der Waals surface area (Å²) in [5, 5.41) is 3.58. The van der Waals surface area contributed by atoms with Gasteiger partial charge in [0.25, 0.3) is 0 Å². The summed E-state index contributed by atoms with van der Waals surface area (Å²) in [6.07, 6.45) is 4.14. The highest BCUT2D eigenvalue weighted by atomic mass is 16.5. The Labute approximate surface area is 105 Å². The zero-order chi connectivity index (χ0) is 12.7. The highest BCUT2D eigenvalue weighted by Crippen LogP contribution is 2.19. The van der Waals surface area contributed by atoms with E-state index in [0.717, 1.165) is 18.6 Å². The van der Waals surface area contributed by atoms with Crippen LogP contribution in [-0.4, -0.2) is 13.2 Å². The Bertz CT molecular complexity index is 349. The van der Waals surface area contributed by atoms with E-state index in [1.807, 2.05) is 18.2 Å². The van der Waals surface area contributed by atoms with Crippen molar-refractivity contribution in [1.82, 2.24) is 5.32 Å². The third kappa shape index (κ3) is 4.61. The smallest absolute Gasteiger partial charge is 0.119 e. The van der Waals surface area contributed by atoms with E-state index in [-0.39, 0.29) is 0 Å². The van der Waals surface area contributed by atoms with Crippen molar-refractivity contribution in [2.75, 3.05) is 7.11 Å². The maximum absolute atomic E-state index is 5.23. The van der Waals surface area contributed by atoms with Crippen molar-refractivity contribution in [2.45, 2.75) is 38.8 Å². The van der Waals surface area contributed by atoms with Crippen molar-refractivity contribution in [3.8, 4) is 5.75 Å². The molecule has 1 aromatic rings. The normalized spacial score (nSPS) is 14.1.